The number of quaternary nitrogens is 2. The number of rotatable bonds is 3. The fourth-order valence-electron chi connectivity index (χ4n) is 0.196. The molecule has 0 amide bonds. The first kappa shape index (κ1) is 8.40. The highest BCUT2D eigenvalue weighted by atomic mass is 16.7. The van der Waals surface area contributed by atoms with Crippen molar-refractivity contribution in [3.63, 3.8) is 0 Å². The fraction of sp³-hybridized carbons (Fsp3) is 1.00. The monoisotopic (exact) mass is 136 g/mol. The molecule has 0 heterocycles. The van der Waals surface area contributed by atoms with Crippen molar-refractivity contribution in [3.05, 3.63) is 15.3 Å². The van der Waals surface area contributed by atoms with Crippen molar-refractivity contribution in [1.29, 1.82) is 0 Å². The third-order valence-electron chi connectivity index (χ3n) is 0.837. The Hall–Kier alpha value is -0.600. The van der Waals surface area contributed by atoms with E-state index in [1.165, 1.54) is 14.1 Å². The van der Waals surface area contributed by atoms with Crippen LogP contribution < -0.4 is 10.5 Å². The van der Waals surface area contributed by atoms with E-state index in [0.717, 1.165) is 0 Å². The SMILES string of the molecule is CN([NH+](C)[O-])[NH+]([O-])N=O. The quantitative estimate of drug-likeness (QED) is 0.316. The largest absolute Gasteiger partial charge is 0.609 e. The molecule has 0 spiro atoms. The highest BCUT2D eigenvalue weighted by Gasteiger charge is 2.08. The Morgan fingerprint density at radius 2 is 2.00 bits per heavy atom. The molecular weight excluding hydrogens is 128 g/mol. The number of hydroxylamine groups is 1. The summed E-state index contributed by atoms with van der Waals surface area (Å²) in [5.74, 6) is 0. The van der Waals surface area contributed by atoms with E-state index in [4.69, 9.17) is 0 Å². The molecule has 7 nitrogen and oxygen atoms in total. The summed E-state index contributed by atoms with van der Waals surface area (Å²) in [7, 11) is 2.36. The van der Waals surface area contributed by atoms with Gasteiger partial charge in [-0.1, -0.05) is 10.2 Å². The summed E-state index contributed by atoms with van der Waals surface area (Å²) < 4.78 is 0. The van der Waals surface area contributed by atoms with Crippen LogP contribution in [0.5, 0.6) is 0 Å². The minimum Gasteiger partial charge on any atom is -0.609 e. The van der Waals surface area contributed by atoms with Crippen LogP contribution in [-0.2, 0) is 0 Å². The van der Waals surface area contributed by atoms with E-state index >= 15 is 0 Å². The normalized spacial score (nSPS) is 17.4. The Balaban J connectivity index is 3.71. The van der Waals surface area contributed by atoms with Crippen molar-refractivity contribution in [2.45, 2.75) is 0 Å². The van der Waals surface area contributed by atoms with Gasteiger partial charge in [0.25, 0.3) is 0 Å². The van der Waals surface area contributed by atoms with Crippen LogP contribution in [0.4, 0.5) is 0 Å². The molecular formula is C2H8N4O3. The van der Waals surface area contributed by atoms with Crippen molar-refractivity contribution >= 4 is 0 Å². The molecule has 0 bridgehead atoms. The van der Waals surface area contributed by atoms with Crippen LogP contribution in [0.1, 0.15) is 0 Å². The maximum atomic E-state index is 10.3. The number of hydrogen-bond acceptors (Lipinski definition) is 5. The molecule has 0 aliphatic heterocycles. The van der Waals surface area contributed by atoms with E-state index in [9.17, 15) is 15.3 Å². The molecule has 2 N–H and O–H groups in total. The molecule has 7 heteroatoms. The zero-order valence-electron chi connectivity index (χ0n) is 5.12. The van der Waals surface area contributed by atoms with Crippen LogP contribution in [0.25, 0.3) is 0 Å². The van der Waals surface area contributed by atoms with E-state index in [1.807, 2.05) is 5.29 Å². The summed E-state index contributed by atoms with van der Waals surface area (Å²) in [4.78, 5) is 9.46. The van der Waals surface area contributed by atoms with Crippen LogP contribution in [0.3, 0.4) is 0 Å². The number of nitrogens with zero attached hydrogens (tertiary/aromatic N) is 2. The lowest BCUT2D eigenvalue weighted by Crippen LogP contribution is -3.31. The molecule has 0 aromatic heterocycles. The molecule has 0 aromatic carbocycles. The highest BCUT2D eigenvalue weighted by molar-refractivity contribution is 4.02. The van der Waals surface area contributed by atoms with Gasteiger partial charge in [-0.05, 0) is 0 Å². The van der Waals surface area contributed by atoms with Crippen LogP contribution >= 0.6 is 0 Å². The molecule has 9 heavy (non-hydrogen) atoms. The molecule has 0 fully saturated rings. The Morgan fingerprint density at radius 3 is 2.11 bits per heavy atom. The second-order valence-corrected chi connectivity index (χ2v) is 1.45. The molecule has 2 unspecified atom stereocenters. The molecule has 0 rings (SSSR count). The lowest BCUT2D eigenvalue weighted by atomic mass is 11.3. The topological polar surface area (TPSA) is 87.7 Å². The third kappa shape index (κ3) is 2.44. The summed E-state index contributed by atoms with van der Waals surface area (Å²) in [5, 5.41) is 21.5. The van der Waals surface area contributed by atoms with E-state index in [2.05, 4.69) is 0 Å². The molecule has 0 aromatic rings. The summed E-state index contributed by atoms with van der Waals surface area (Å²) in [6.45, 7) is 0. The zero-order valence-corrected chi connectivity index (χ0v) is 5.12. The number of nitrogens with one attached hydrogen (secondary N) is 2. The standard InChI is InChI=1S/C2H8N4O3/c1-4(5(2)8)6(9)3-7/h5-6H,1-2H3. The first-order chi connectivity index (χ1) is 4.09. The smallest absolute Gasteiger partial charge is 0.178 e. The average Bonchev–Trinajstić information content (AvgIpc) is 1.84. The molecule has 0 aliphatic rings. The van der Waals surface area contributed by atoms with Crippen LogP contribution in [0.2, 0.25) is 0 Å². The maximum absolute atomic E-state index is 10.3. The van der Waals surface area contributed by atoms with Crippen LogP contribution in [0.15, 0.2) is 5.29 Å². The molecule has 0 saturated carbocycles. The lowest BCUT2D eigenvalue weighted by molar-refractivity contribution is -1.20. The van der Waals surface area contributed by atoms with Crippen molar-refractivity contribution in [2.24, 2.45) is 5.29 Å². The minimum atomic E-state index is -1.07. The van der Waals surface area contributed by atoms with Crippen molar-refractivity contribution in [2.75, 3.05) is 14.1 Å². The Morgan fingerprint density at radius 1 is 1.56 bits per heavy atom. The number of hydrogen-bond donors (Lipinski definition) is 2. The second kappa shape index (κ2) is 3.43. The van der Waals surface area contributed by atoms with Gasteiger partial charge in [0, 0.05) is 5.12 Å². The van der Waals surface area contributed by atoms with E-state index in [0.29, 0.717) is 5.12 Å². The van der Waals surface area contributed by atoms with Gasteiger partial charge in [-0.25, -0.2) is 5.17 Å². The first-order valence-electron chi connectivity index (χ1n) is 2.21. The van der Waals surface area contributed by atoms with Crippen molar-refractivity contribution < 1.29 is 10.5 Å². The van der Waals surface area contributed by atoms with Gasteiger partial charge in [-0.2, -0.15) is 0 Å². The van der Waals surface area contributed by atoms with Crippen molar-refractivity contribution in [3.8, 4) is 0 Å². The molecule has 0 saturated heterocycles. The van der Waals surface area contributed by atoms with Gasteiger partial charge in [0.1, 0.15) is 0 Å². The third-order valence-corrected chi connectivity index (χ3v) is 0.837. The van der Waals surface area contributed by atoms with Crippen LogP contribution in [-0.4, -0.2) is 19.2 Å². The Bertz CT molecular complexity index is 95.8. The highest BCUT2D eigenvalue weighted by Crippen LogP contribution is 1.44. The van der Waals surface area contributed by atoms with Gasteiger partial charge >= 0.3 is 0 Å². The molecule has 0 aliphatic carbocycles. The van der Waals surface area contributed by atoms with Crippen LogP contribution in [0, 0.1) is 15.3 Å². The maximum Gasteiger partial charge on any atom is 0.178 e. The molecule has 0 radical (unpaired) electrons. The Kier molecular flexibility index (Phi) is 3.20. The lowest BCUT2D eigenvalue weighted by Gasteiger charge is -2.27. The average molecular weight is 136 g/mol. The van der Waals surface area contributed by atoms with E-state index in [-0.39, 0.29) is 0 Å². The first-order valence-corrected chi connectivity index (χ1v) is 2.21. The van der Waals surface area contributed by atoms with E-state index < -0.39 is 10.5 Å². The van der Waals surface area contributed by atoms with Gasteiger partial charge in [0.2, 0.25) is 0 Å². The molecule has 2 atom stereocenters. The van der Waals surface area contributed by atoms with Crippen molar-refractivity contribution in [1.82, 2.24) is 5.12 Å². The molecule has 54 valence electrons. The zero-order chi connectivity index (χ0) is 7.44. The van der Waals surface area contributed by atoms with Gasteiger partial charge in [0.05, 0.1) is 14.1 Å². The summed E-state index contributed by atoms with van der Waals surface area (Å²) >= 11 is 0. The predicted octanol–water partition coefficient (Wildman–Crippen LogP) is -3.18. The summed E-state index contributed by atoms with van der Waals surface area (Å²) in [6, 6.07) is 0. The van der Waals surface area contributed by atoms with E-state index in [1.54, 1.807) is 0 Å². The summed E-state index contributed by atoms with van der Waals surface area (Å²) in [6.07, 6.45) is 0. The second-order valence-electron chi connectivity index (χ2n) is 1.45. The number of nitroso groups, excluding NO2 is 1. The predicted molar refractivity (Wildman–Crippen MR) is 28.1 cm³/mol. The van der Waals surface area contributed by atoms with Gasteiger partial charge in [-0.3, -0.25) is 0 Å². The fourth-order valence-corrected chi connectivity index (χ4v) is 0.196. The summed E-state index contributed by atoms with van der Waals surface area (Å²) in [5.41, 5.74) is 0. The van der Waals surface area contributed by atoms with Gasteiger partial charge < -0.3 is 10.4 Å². The van der Waals surface area contributed by atoms with Gasteiger partial charge in [-0.15, -0.1) is 0 Å². The Labute approximate surface area is 51.5 Å². The minimum absolute atomic E-state index is 0.500. The van der Waals surface area contributed by atoms with Gasteiger partial charge in [0.15, 0.2) is 5.29 Å².